The van der Waals surface area contributed by atoms with Gasteiger partial charge in [-0.05, 0) is 38.2 Å². The number of amides is 1. The van der Waals surface area contributed by atoms with Crippen LogP contribution in [-0.4, -0.2) is 59.5 Å². The van der Waals surface area contributed by atoms with E-state index >= 15 is 0 Å². The molecule has 2 bridgehead atoms. The molecule has 4 heterocycles. The quantitative estimate of drug-likeness (QED) is 0.634. The summed E-state index contributed by atoms with van der Waals surface area (Å²) >= 11 is 0. The molecule has 31 heavy (non-hydrogen) atoms. The van der Waals surface area contributed by atoms with Crippen molar-refractivity contribution >= 4 is 38.5 Å². The molecular weight excluding hydrogens is 416 g/mol. The minimum Gasteiger partial charge on any atom is -0.368 e. The minimum absolute atomic E-state index is 0.0118. The molecule has 2 unspecified atom stereocenters. The Hall–Kier alpha value is -2.64. The van der Waals surface area contributed by atoms with Crippen molar-refractivity contribution in [2.75, 3.05) is 29.1 Å². The SMILES string of the molecule is N#CCCCS(=O)(=O)N1C2CCC1CN(c1cc(NC(=O)C3CC3)nc3[nH]ccc13)C2. The summed E-state index contributed by atoms with van der Waals surface area (Å²) in [4.78, 5) is 22.2. The Morgan fingerprint density at radius 1 is 1.26 bits per heavy atom. The number of aromatic nitrogens is 2. The van der Waals surface area contributed by atoms with Gasteiger partial charge < -0.3 is 15.2 Å². The molecule has 0 spiro atoms. The first kappa shape index (κ1) is 20.3. The number of fused-ring (bicyclic) bond motifs is 3. The zero-order valence-corrected chi connectivity index (χ0v) is 18.1. The molecule has 10 heteroatoms. The molecule has 0 aromatic carbocycles. The fourth-order valence-electron chi connectivity index (χ4n) is 4.87. The smallest absolute Gasteiger partial charge is 0.228 e. The molecule has 164 valence electrons. The molecule has 2 aliphatic heterocycles. The van der Waals surface area contributed by atoms with Crippen LogP contribution in [0.25, 0.3) is 11.0 Å². The number of sulfonamides is 1. The van der Waals surface area contributed by atoms with E-state index in [-0.39, 0.29) is 36.1 Å². The van der Waals surface area contributed by atoms with Crippen LogP contribution in [0.15, 0.2) is 18.3 Å². The van der Waals surface area contributed by atoms with E-state index in [2.05, 4.69) is 20.2 Å². The topological polar surface area (TPSA) is 122 Å². The lowest BCUT2D eigenvalue weighted by Gasteiger charge is -2.41. The second-order valence-electron chi connectivity index (χ2n) is 8.73. The molecule has 0 radical (unpaired) electrons. The third kappa shape index (κ3) is 3.88. The fraction of sp³-hybridized carbons (Fsp3) is 0.571. The maximum Gasteiger partial charge on any atom is 0.228 e. The number of anilines is 2. The van der Waals surface area contributed by atoms with Gasteiger partial charge in [0.25, 0.3) is 0 Å². The first-order chi connectivity index (χ1) is 15.0. The number of rotatable bonds is 7. The Labute approximate surface area is 181 Å². The number of pyridine rings is 1. The maximum atomic E-state index is 12.9. The van der Waals surface area contributed by atoms with E-state index in [0.717, 1.165) is 36.8 Å². The summed E-state index contributed by atoms with van der Waals surface area (Å²) in [5.41, 5.74) is 1.68. The first-order valence-corrected chi connectivity index (χ1v) is 12.5. The molecule has 1 amide bonds. The van der Waals surface area contributed by atoms with Gasteiger partial charge in [-0.1, -0.05) is 0 Å². The summed E-state index contributed by atoms with van der Waals surface area (Å²) < 4.78 is 27.5. The van der Waals surface area contributed by atoms with E-state index < -0.39 is 10.0 Å². The van der Waals surface area contributed by atoms with Crippen molar-refractivity contribution in [3.05, 3.63) is 18.3 Å². The number of nitrogens with zero attached hydrogens (tertiary/aromatic N) is 4. The number of piperazine rings is 1. The van der Waals surface area contributed by atoms with E-state index in [0.29, 0.717) is 31.0 Å². The number of hydrogen-bond acceptors (Lipinski definition) is 6. The van der Waals surface area contributed by atoms with Crippen LogP contribution in [-0.2, 0) is 14.8 Å². The number of nitriles is 1. The molecule has 5 rings (SSSR count). The molecule has 2 saturated heterocycles. The zero-order chi connectivity index (χ0) is 21.6. The Bertz CT molecular complexity index is 1140. The number of carbonyl (C=O) groups is 1. The van der Waals surface area contributed by atoms with Gasteiger partial charge in [0.1, 0.15) is 11.5 Å². The van der Waals surface area contributed by atoms with Crippen LogP contribution >= 0.6 is 0 Å². The molecule has 2 N–H and O–H groups in total. The summed E-state index contributed by atoms with van der Waals surface area (Å²) in [7, 11) is -3.38. The third-order valence-corrected chi connectivity index (χ3v) is 8.52. The van der Waals surface area contributed by atoms with Gasteiger partial charge in [0.15, 0.2) is 0 Å². The lowest BCUT2D eigenvalue weighted by molar-refractivity contribution is -0.117. The lowest BCUT2D eigenvalue weighted by Crippen LogP contribution is -2.56. The van der Waals surface area contributed by atoms with Gasteiger partial charge in [-0.3, -0.25) is 4.79 Å². The lowest BCUT2D eigenvalue weighted by atomic mass is 10.1. The second-order valence-corrected chi connectivity index (χ2v) is 10.7. The number of carbonyl (C=O) groups excluding carboxylic acids is 1. The molecule has 3 aliphatic rings. The van der Waals surface area contributed by atoms with E-state index in [1.807, 2.05) is 24.4 Å². The summed E-state index contributed by atoms with van der Waals surface area (Å²) in [6.45, 7) is 1.21. The number of hydrogen-bond donors (Lipinski definition) is 2. The van der Waals surface area contributed by atoms with E-state index in [9.17, 15) is 13.2 Å². The minimum atomic E-state index is -3.38. The zero-order valence-electron chi connectivity index (χ0n) is 17.2. The van der Waals surface area contributed by atoms with Gasteiger partial charge in [-0.15, -0.1) is 0 Å². The highest BCUT2D eigenvalue weighted by Gasteiger charge is 2.46. The van der Waals surface area contributed by atoms with Gasteiger partial charge in [0.05, 0.1) is 17.5 Å². The van der Waals surface area contributed by atoms with Crippen molar-refractivity contribution in [3.63, 3.8) is 0 Å². The predicted molar refractivity (Wildman–Crippen MR) is 117 cm³/mol. The highest BCUT2D eigenvalue weighted by molar-refractivity contribution is 7.89. The van der Waals surface area contributed by atoms with Crippen LogP contribution in [0.1, 0.15) is 38.5 Å². The molecule has 9 nitrogen and oxygen atoms in total. The molecule has 2 aromatic heterocycles. The highest BCUT2D eigenvalue weighted by atomic mass is 32.2. The van der Waals surface area contributed by atoms with E-state index in [4.69, 9.17) is 5.26 Å². The predicted octanol–water partition coefficient (Wildman–Crippen LogP) is 2.20. The summed E-state index contributed by atoms with van der Waals surface area (Å²) in [5.74, 6) is 0.663. The van der Waals surface area contributed by atoms with Gasteiger partial charge in [0.2, 0.25) is 15.9 Å². The van der Waals surface area contributed by atoms with E-state index in [1.165, 1.54) is 0 Å². The van der Waals surface area contributed by atoms with Crippen molar-refractivity contribution in [2.24, 2.45) is 5.92 Å². The fourth-order valence-corrected chi connectivity index (χ4v) is 6.85. The standard InChI is InChI=1S/C21H26N6O3S/c22-8-1-2-10-31(29,30)27-15-5-6-16(27)13-26(12-15)18-11-19(25-21(28)14-3-4-14)24-20-17(18)7-9-23-20/h7,9,11,14-16H,1-6,10,12-13H2,(H2,23,24,25,28). The average Bonchev–Trinajstić information content (AvgIpc) is 3.42. The molecule has 1 aliphatic carbocycles. The second kappa shape index (κ2) is 7.80. The monoisotopic (exact) mass is 442 g/mol. The number of aromatic amines is 1. The Morgan fingerprint density at radius 2 is 2.00 bits per heavy atom. The van der Waals surface area contributed by atoms with Gasteiger partial charge >= 0.3 is 0 Å². The van der Waals surface area contributed by atoms with Crippen molar-refractivity contribution in [3.8, 4) is 6.07 Å². The van der Waals surface area contributed by atoms with Crippen molar-refractivity contribution in [1.82, 2.24) is 14.3 Å². The van der Waals surface area contributed by atoms with Crippen LogP contribution in [0, 0.1) is 17.2 Å². The van der Waals surface area contributed by atoms with Crippen LogP contribution in [0.4, 0.5) is 11.5 Å². The molecule has 2 aromatic rings. The molecule has 3 fully saturated rings. The first-order valence-electron chi connectivity index (χ1n) is 10.9. The molecule has 1 saturated carbocycles. The van der Waals surface area contributed by atoms with Gasteiger partial charge in [0, 0.05) is 55.2 Å². The van der Waals surface area contributed by atoms with Crippen LogP contribution in [0.3, 0.4) is 0 Å². The average molecular weight is 443 g/mol. The number of H-pyrrole nitrogens is 1. The Kier molecular flexibility index (Phi) is 5.10. The van der Waals surface area contributed by atoms with Crippen molar-refractivity contribution in [1.29, 1.82) is 5.26 Å². The van der Waals surface area contributed by atoms with E-state index in [1.54, 1.807) is 4.31 Å². The normalized spacial score (nSPS) is 23.8. The number of unbranched alkanes of at least 4 members (excludes halogenated alkanes) is 1. The van der Waals surface area contributed by atoms with Crippen LogP contribution in [0.5, 0.6) is 0 Å². The summed E-state index contributed by atoms with van der Waals surface area (Å²) in [5, 5.41) is 12.6. The van der Waals surface area contributed by atoms with Gasteiger partial charge in [-0.25, -0.2) is 13.4 Å². The Balaban J connectivity index is 1.39. The maximum absolute atomic E-state index is 12.9. The van der Waals surface area contributed by atoms with Gasteiger partial charge in [-0.2, -0.15) is 9.57 Å². The van der Waals surface area contributed by atoms with Crippen LogP contribution < -0.4 is 10.2 Å². The Morgan fingerprint density at radius 3 is 2.68 bits per heavy atom. The number of nitrogens with one attached hydrogen (secondary N) is 2. The van der Waals surface area contributed by atoms with Crippen molar-refractivity contribution in [2.45, 2.75) is 50.6 Å². The van der Waals surface area contributed by atoms with Crippen LogP contribution in [0.2, 0.25) is 0 Å². The molecular formula is C21H26N6O3S. The third-order valence-electron chi connectivity index (χ3n) is 6.47. The summed E-state index contributed by atoms with van der Waals surface area (Å²) in [6, 6.07) is 5.76. The summed E-state index contributed by atoms with van der Waals surface area (Å²) in [6.07, 6.45) is 5.99. The molecule has 2 atom stereocenters. The largest absolute Gasteiger partial charge is 0.368 e. The highest BCUT2D eigenvalue weighted by Crippen LogP contribution is 2.38. The van der Waals surface area contributed by atoms with Crippen molar-refractivity contribution < 1.29 is 13.2 Å².